The summed E-state index contributed by atoms with van der Waals surface area (Å²) in [6.07, 6.45) is 1.43. The largest absolute Gasteiger partial charge is 0.462 e. The van der Waals surface area contributed by atoms with Gasteiger partial charge in [-0.05, 0) is 62.9 Å². The predicted molar refractivity (Wildman–Crippen MR) is 127 cm³/mol. The lowest BCUT2D eigenvalue weighted by atomic mass is 9.79. The number of rotatable bonds is 6. The molecule has 2 heterocycles. The fourth-order valence-electron chi connectivity index (χ4n) is 5.03. The molecule has 0 unspecified atom stereocenters. The molecule has 174 valence electrons. The Morgan fingerprint density at radius 3 is 2.58 bits per heavy atom. The van der Waals surface area contributed by atoms with E-state index in [1.807, 2.05) is 25.1 Å². The Balaban J connectivity index is 1.63. The Kier molecular flexibility index (Phi) is 6.26. The zero-order chi connectivity index (χ0) is 23.8. The number of nitrogens with one attached hydrogen (secondary N) is 3. The van der Waals surface area contributed by atoms with Crippen molar-refractivity contribution in [2.75, 3.05) is 17.2 Å². The highest BCUT2D eigenvalue weighted by atomic mass is 16.5. The number of fused-ring (bicyclic) bond motifs is 2. The van der Waals surface area contributed by atoms with Gasteiger partial charge in [-0.1, -0.05) is 31.5 Å². The van der Waals surface area contributed by atoms with Crippen molar-refractivity contribution in [3.8, 4) is 0 Å². The number of esters is 1. The van der Waals surface area contributed by atoms with Crippen LogP contribution in [-0.4, -0.2) is 30.4 Å². The number of ether oxygens (including phenoxy) is 1. The fraction of sp³-hybridized carbons (Fsp3) is 0.423. The molecule has 7 nitrogen and oxygen atoms in total. The maximum Gasteiger partial charge on any atom is 0.338 e. The van der Waals surface area contributed by atoms with Crippen molar-refractivity contribution in [3.63, 3.8) is 0 Å². The van der Waals surface area contributed by atoms with Gasteiger partial charge in [-0.2, -0.15) is 0 Å². The molecule has 0 bridgehead atoms. The van der Waals surface area contributed by atoms with Crippen LogP contribution in [0.15, 0.2) is 42.5 Å². The maximum absolute atomic E-state index is 13.5. The van der Waals surface area contributed by atoms with Crippen molar-refractivity contribution < 1.29 is 19.1 Å². The van der Waals surface area contributed by atoms with Crippen LogP contribution in [0, 0.1) is 18.8 Å². The van der Waals surface area contributed by atoms with Gasteiger partial charge in [0.1, 0.15) is 5.54 Å². The Morgan fingerprint density at radius 2 is 1.91 bits per heavy atom. The summed E-state index contributed by atoms with van der Waals surface area (Å²) in [7, 11) is 0. The van der Waals surface area contributed by atoms with E-state index in [2.05, 4.69) is 29.8 Å². The van der Waals surface area contributed by atoms with E-state index in [4.69, 9.17) is 4.74 Å². The van der Waals surface area contributed by atoms with Gasteiger partial charge in [0.05, 0.1) is 18.1 Å². The number of carbonyl (C=O) groups is 3. The number of amides is 2. The van der Waals surface area contributed by atoms with Crippen molar-refractivity contribution >= 4 is 29.2 Å². The van der Waals surface area contributed by atoms with Gasteiger partial charge in [-0.3, -0.25) is 14.9 Å². The molecule has 2 aliphatic rings. The molecule has 1 fully saturated rings. The van der Waals surface area contributed by atoms with E-state index in [0.29, 0.717) is 30.2 Å². The van der Waals surface area contributed by atoms with Crippen molar-refractivity contribution in [1.82, 2.24) is 5.32 Å². The summed E-state index contributed by atoms with van der Waals surface area (Å²) in [6.45, 7) is 8.31. The number of carbonyl (C=O) groups excluding carboxylic acids is 3. The summed E-state index contributed by atoms with van der Waals surface area (Å²) in [5.74, 6) is -0.956. The number of benzene rings is 2. The molecule has 7 heteroatoms. The highest BCUT2D eigenvalue weighted by Crippen LogP contribution is 2.48. The molecule has 2 amide bonds. The first kappa shape index (κ1) is 23.0. The average molecular weight is 450 g/mol. The lowest BCUT2D eigenvalue weighted by Crippen LogP contribution is -2.52. The van der Waals surface area contributed by atoms with Gasteiger partial charge >= 0.3 is 5.97 Å². The second-order valence-corrected chi connectivity index (χ2v) is 9.36. The minimum absolute atomic E-state index is 0.0455. The normalized spacial score (nSPS) is 23.5. The van der Waals surface area contributed by atoms with Crippen LogP contribution in [0.1, 0.15) is 55.1 Å². The third-order valence-corrected chi connectivity index (χ3v) is 6.42. The molecular weight excluding hydrogens is 418 g/mol. The van der Waals surface area contributed by atoms with Crippen LogP contribution in [-0.2, 0) is 19.9 Å². The number of anilines is 2. The quantitative estimate of drug-likeness (QED) is 0.580. The molecule has 2 aliphatic heterocycles. The number of hydrogen-bond donors (Lipinski definition) is 3. The minimum atomic E-state index is -1.10. The minimum Gasteiger partial charge on any atom is -0.462 e. The molecule has 2 aromatic rings. The molecular formula is C26H31N3O4. The second kappa shape index (κ2) is 8.98. The second-order valence-electron chi connectivity index (χ2n) is 9.36. The van der Waals surface area contributed by atoms with E-state index in [1.165, 1.54) is 0 Å². The van der Waals surface area contributed by atoms with Gasteiger partial charge in [-0.15, -0.1) is 0 Å². The molecule has 0 saturated carbocycles. The Bertz CT molecular complexity index is 1080. The zero-order valence-corrected chi connectivity index (χ0v) is 19.5. The molecule has 33 heavy (non-hydrogen) atoms. The Labute approximate surface area is 194 Å². The molecule has 0 radical (unpaired) electrons. The van der Waals surface area contributed by atoms with Gasteiger partial charge < -0.3 is 15.4 Å². The smallest absolute Gasteiger partial charge is 0.338 e. The highest BCUT2D eigenvalue weighted by Gasteiger charge is 2.60. The van der Waals surface area contributed by atoms with Gasteiger partial charge in [-0.25, -0.2) is 4.79 Å². The van der Waals surface area contributed by atoms with E-state index in [1.54, 1.807) is 31.2 Å². The van der Waals surface area contributed by atoms with Gasteiger partial charge in [0, 0.05) is 23.0 Å². The monoisotopic (exact) mass is 449 g/mol. The van der Waals surface area contributed by atoms with Gasteiger partial charge in [0.25, 0.3) is 0 Å². The van der Waals surface area contributed by atoms with Crippen molar-refractivity contribution in [1.29, 1.82) is 0 Å². The summed E-state index contributed by atoms with van der Waals surface area (Å²) in [5, 5.41) is 9.49. The first-order valence-electron chi connectivity index (χ1n) is 11.5. The zero-order valence-electron chi connectivity index (χ0n) is 19.5. The summed E-state index contributed by atoms with van der Waals surface area (Å²) in [5.41, 5.74) is 2.50. The van der Waals surface area contributed by atoms with E-state index in [9.17, 15) is 14.4 Å². The van der Waals surface area contributed by atoms with Crippen LogP contribution in [0.25, 0.3) is 0 Å². The maximum atomic E-state index is 13.5. The van der Waals surface area contributed by atoms with Gasteiger partial charge in [0.2, 0.25) is 11.8 Å². The first-order valence-corrected chi connectivity index (χ1v) is 11.5. The fourth-order valence-corrected chi connectivity index (χ4v) is 5.03. The van der Waals surface area contributed by atoms with Gasteiger partial charge in [0.15, 0.2) is 0 Å². The van der Waals surface area contributed by atoms with Crippen molar-refractivity contribution in [2.24, 2.45) is 11.8 Å². The van der Waals surface area contributed by atoms with Crippen molar-refractivity contribution in [3.05, 3.63) is 59.2 Å². The van der Waals surface area contributed by atoms with Crippen LogP contribution in [0.3, 0.4) is 0 Å². The molecule has 0 aliphatic carbocycles. The SMILES string of the molecule is CCOC(=O)c1ccc(NC(=O)[C@@H]2C[C@H](CC(C)C)N[C@@]23C(=O)Nc2ccc(C)cc23)cc1. The first-order chi connectivity index (χ1) is 15.7. The number of aryl methyl sites for hydroxylation is 1. The molecule has 2 aromatic carbocycles. The Hall–Kier alpha value is -3.19. The van der Waals surface area contributed by atoms with Crippen LogP contribution < -0.4 is 16.0 Å². The standard InChI is InChI=1S/C26H31N3O4/c1-5-33-24(31)17-7-9-18(10-8-17)27-23(30)21-14-19(12-15(2)3)29-26(21)20-13-16(4)6-11-22(20)28-25(26)32/h6-11,13,15,19,21,29H,5,12,14H2,1-4H3,(H,27,30)(H,28,32)/t19-,21-,26+/m0/s1. The molecule has 0 aromatic heterocycles. The number of hydrogen-bond acceptors (Lipinski definition) is 5. The van der Waals surface area contributed by atoms with Crippen LogP contribution >= 0.6 is 0 Å². The molecule has 1 saturated heterocycles. The molecule has 1 spiro atoms. The van der Waals surface area contributed by atoms with E-state index in [-0.39, 0.29) is 17.9 Å². The van der Waals surface area contributed by atoms with Crippen molar-refractivity contribution in [2.45, 2.75) is 52.1 Å². The summed E-state index contributed by atoms with van der Waals surface area (Å²) >= 11 is 0. The van der Waals surface area contributed by atoms with E-state index in [0.717, 1.165) is 23.2 Å². The Morgan fingerprint density at radius 1 is 1.18 bits per heavy atom. The molecule has 3 atom stereocenters. The van der Waals surface area contributed by atoms with Crippen LogP contribution in [0.4, 0.5) is 11.4 Å². The third-order valence-electron chi connectivity index (χ3n) is 6.42. The van der Waals surface area contributed by atoms with Crippen LogP contribution in [0.5, 0.6) is 0 Å². The van der Waals surface area contributed by atoms with E-state index >= 15 is 0 Å². The molecule has 3 N–H and O–H groups in total. The highest BCUT2D eigenvalue weighted by molar-refractivity contribution is 6.10. The lowest BCUT2D eigenvalue weighted by molar-refractivity contribution is -0.130. The van der Waals surface area contributed by atoms with Crippen LogP contribution in [0.2, 0.25) is 0 Å². The summed E-state index contributed by atoms with van der Waals surface area (Å²) < 4.78 is 5.01. The third kappa shape index (κ3) is 4.25. The van der Waals surface area contributed by atoms with E-state index < -0.39 is 17.4 Å². The average Bonchev–Trinajstić information content (AvgIpc) is 3.27. The summed E-state index contributed by atoms with van der Waals surface area (Å²) in [6, 6.07) is 12.5. The topological polar surface area (TPSA) is 96.5 Å². The predicted octanol–water partition coefficient (Wildman–Crippen LogP) is 3.98. The summed E-state index contributed by atoms with van der Waals surface area (Å²) in [4.78, 5) is 38.8. The lowest BCUT2D eigenvalue weighted by Gasteiger charge is -2.29. The molecule has 4 rings (SSSR count).